The summed E-state index contributed by atoms with van der Waals surface area (Å²) in [6.07, 6.45) is 3.37. The Morgan fingerprint density at radius 2 is 2.21 bits per heavy atom. The van der Waals surface area contributed by atoms with Gasteiger partial charge in [-0.2, -0.15) is 0 Å². The molecule has 0 saturated carbocycles. The summed E-state index contributed by atoms with van der Waals surface area (Å²) in [6.45, 7) is 7.91. The fourth-order valence-electron chi connectivity index (χ4n) is 2.85. The Balaban J connectivity index is 2.21. The highest BCUT2D eigenvalue weighted by Gasteiger charge is 2.23. The van der Waals surface area contributed by atoms with Crippen molar-refractivity contribution in [3.63, 3.8) is 0 Å². The molecule has 2 unspecified atom stereocenters. The summed E-state index contributed by atoms with van der Waals surface area (Å²) < 4.78 is 5.60. The number of ether oxygens (including phenoxy) is 1. The van der Waals surface area contributed by atoms with Crippen LogP contribution in [0.1, 0.15) is 49.1 Å². The minimum Gasteiger partial charge on any atom is -0.371 e. The largest absolute Gasteiger partial charge is 0.371 e. The molecule has 1 aliphatic carbocycles. The lowest BCUT2D eigenvalue weighted by atomic mass is 9.85. The van der Waals surface area contributed by atoms with Crippen LogP contribution in [0.25, 0.3) is 0 Å². The topological polar surface area (TPSA) is 47.0 Å². The molecule has 1 aromatic heterocycles. The summed E-state index contributed by atoms with van der Waals surface area (Å²) >= 11 is 0. The number of nitrogens with zero attached hydrogens (tertiary/aromatic N) is 2. The van der Waals surface area contributed by atoms with E-state index >= 15 is 0 Å². The number of nitrogens with one attached hydrogen (secondary N) is 1. The summed E-state index contributed by atoms with van der Waals surface area (Å²) in [5.74, 6) is 1.56. The fourth-order valence-corrected chi connectivity index (χ4v) is 2.85. The molecular formula is C15H25N3O. The van der Waals surface area contributed by atoms with Crippen molar-refractivity contribution in [1.29, 1.82) is 0 Å². The molecule has 0 amide bonds. The number of hydrogen-bond acceptors (Lipinski definition) is 4. The van der Waals surface area contributed by atoms with Gasteiger partial charge in [0.25, 0.3) is 0 Å². The van der Waals surface area contributed by atoms with Gasteiger partial charge in [0.1, 0.15) is 6.10 Å². The molecular weight excluding hydrogens is 238 g/mol. The van der Waals surface area contributed by atoms with Crippen molar-refractivity contribution >= 4 is 0 Å². The molecule has 0 spiro atoms. The van der Waals surface area contributed by atoms with E-state index in [-0.39, 0.29) is 6.10 Å². The maximum atomic E-state index is 5.60. The highest BCUT2D eigenvalue weighted by molar-refractivity contribution is 5.28. The lowest BCUT2D eigenvalue weighted by Crippen LogP contribution is -2.27. The Morgan fingerprint density at radius 1 is 1.42 bits per heavy atom. The van der Waals surface area contributed by atoms with Crippen molar-refractivity contribution in [3.8, 4) is 0 Å². The van der Waals surface area contributed by atoms with Crippen molar-refractivity contribution in [2.45, 2.75) is 46.1 Å². The van der Waals surface area contributed by atoms with Gasteiger partial charge in [-0.3, -0.25) is 0 Å². The van der Waals surface area contributed by atoms with Crippen molar-refractivity contribution in [2.24, 2.45) is 5.92 Å². The van der Waals surface area contributed by atoms with Gasteiger partial charge < -0.3 is 10.1 Å². The molecule has 4 heteroatoms. The third-order valence-electron chi connectivity index (χ3n) is 3.87. The molecule has 1 N–H and O–H groups in total. The van der Waals surface area contributed by atoms with Gasteiger partial charge in [-0.05, 0) is 65.1 Å². The Morgan fingerprint density at radius 3 is 2.89 bits per heavy atom. The zero-order valence-electron chi connectivity index (χ0n) is 12.5. The second-order valence-corrected chi connectivity index (χ2v) is 5.36. The van der Waals surface area contributed by atoms with Crippen LogP contribution in [-0.2, 0) is 17.6 Å². The first-order chi connectivity index (χ1) is 9.15. The minimum atomic E-state index is -0.0102. The first kappa shape index (κ1) is 14.4. The average molecular weight is 263 g/mol. The number of aryl methyl sites for hydroxylation is 2. The molecule has 1 aliphatic rings. The normalized spacial score (nSPS) is 20.1. The molecule has 0 saturated heterocycles. The van der Waals surface area contributed by atoms with E-state index in [1.54, 1.807) is 0 Å². The molecule has 106 valence electrons. The Bertz CT molecular complexity index is 434. The van der Waals surface area contributed by atoms with E-state index in [0.717, 1.165) is 36.8 Å². The second-order valence-electron chi connectivity index (χ2n) is 5.36. The summed E-state index contributed by atoms with van der Waals surface area (Å²) in [6, 6.07) is 0. The zero-order chi connectivity index (χ0) is 13.8. The molecule has 1 aromatic rings. The number of hydrogen-bond donors (Lipinski definition) is 1. The van der Waals surface area contributed by atoms with Crippen LogP contribution in [0.15, 0.2) is 0 Å². The summed E-state index contributed by atoms with van der Waals surface area (Å²) in [4.78, 5) is 9.37. The first-order valence-electron chi connectivity index (χ1n) is 7.28. The monoisotopic (exact) mass is 263 g/mol. The van der Waals surface area contributed by atoms with Gasteiger partial charge in [0.15, 0.2) is 5.82 Å². The highest BCUT2D eigenvalue weighted by atomic mass is 16.5. The van der Waals surface area contributed by atoms with Gasteiger partial charge in [0, 0.05) is 18.0 Å². The van der Waals surface area contributed by atoms with Gasteiger partial charge in [0.05, 0.1) is 0 Å². The fraction of sp³-hybridized carbons (Fsp3) is 0.733. The molecule has 0 bridgehead atoms. The van der Waals surface area contributed by atoms with Gasteiger partial charge in [-0.15, -0.1) is 0 Å². The van der Waals surface area contributed by atoms with Crippen molar-refractivity contribution in [3.05, 3.63) is 22.8 Å². The van der Waals surface area contributed by atoms with E-state index in [0.29, 0.717) is 6.61 Å². The smallest absolute Gasteiger partial charge is 0.157 e. The molecule has 19 heavy (non-hydrogen) atoms. The van der Waals surface area contributed by atoms with E-state index in [9.17, 15) is 0 Å². The van der Waals surface area contributed by atoms with E-state index in [1.165, 1.54) is 17.7 Å². The maximum absolute atomic E-state index is 5.60. The van der Waals surface area contributed by atoms with Gasteiger partial charge >= 0.3 is 0 Å². The van der Waals surface area contributed by atoms with Crippen LogP contribution in [0.4, 0.5) is 0 Å². The van der Waals surface area contributed by atoms with Crippen molar-refractivity contribution < 1.29 is 4.74 Å². The van der Waals surface area contributed by atoms with E-state index in [1.807, 2.05) is 20.9 Å². The van der Waals surface area contributed by atoms with Crippen LogP contribution in [-0.4, -0.2) is 30.2 Å². The van der Waals surface area contributed by atoms with Crippen LogP contribution in [0.3, 0.4) is 0 Å². The highest BCUT2D eigenvalue weighted by Crippen LogP contribution is 2.27. The van der Waals surface area contributed by atoms with Crippen LogP contribution in [0.2, 0.25) is 0 Å². The third-order valence-corrected chi connectivity index (χ3v) is 3.87. The van der Waals surface area contributed by atoms with E-state index in [4.69, 9.17) is 9.72 Å². The number of fused-ring (bicyclic) bond motifs is 1. The van der Waals surface area contributed by atoms with Gasteiger partial charge in [-0.1, -0.05) is 0 Å². The van der Waals surface area contributed by atoms with E-state index < -0.39 is 0 Å². The van der Waals surface area contributed by atoms with Crippen LogP contribution >= 0.6 is 0 Å². The lowest BCUT2D eigenvalue weighted by Gasteiger charge is -2.25. The Kier molecular flexibility index (Phi) is 4.88. The lowest BCUT2D eigenvalue weighted by molar-refractivity contribution is 0.0696. The van der Waals surface area contributed by atoms with Gasteiger partial charge in [-0.25, -0.2) is 9.97 Å². The number of aromatic nitrogens is 2. The predicted octanol–water partition coefficient (Wildman–Crippen LogP) is 2.21. The van der Waals surface area contributed by atoms with E-state index in [2.05, 4.69) is 17.2 Å². The molecule has 2 atom stereocenters. The molecule has 0 fully saturated rings. The van der Waals surface area contributed by atoms with Gasteiger partial charge in [0.2, 0.25) is 0 Å². The summed E-state index contributed by atoms with van der Waals surface area (Å²) in [7, 11) is 2.02. The number of rotatable bonds is 5. The summed E-state index contributed by atoms with van der Waals surface area (Å²) in [5.41, 5.74) is 3.73. The molecule has 0 aromatic carbocycles. The SMILES string of the molecule is CCOC(C)c1nc(C)c2c(n1)CCC(CNC)C2. The predicted molar refractivity (Wildman–Crippen MR) is 76.3 cm³/mol. The second kappa shape index (κ2) is 6.44. The van der Waals surface area contributed by atoms with Crippen LogP contribution < -0.4 is 5.32 Å². The maximum Gasteiger partial charge on any atom is 0.157 e. The molecule has 0 radical (unpaired) electrons. The summed E-state index contributed by atoms with van der Waals surface area (Å²) in [5, 5.41) is 3.27. The van der Waals surface area contributed by atoms with Crippen molar-refractivity contribution in [2.75, 3.05) is 20.2 Å². The Hall–Kier alpha value is -1.00. The quantitative estimate of drug-likeness (QED) is 0.885. The average Bonchev–Trinajstić information content (AvgIpc) is 2.40. The van der Waals surface area contributed by atoms with Crippen molar-refractivity contribution in [1.82, 2.24) is 15.3 Å². The molecule has 1 heterocycles. The molecule has 0 aliphatic heterocycles. The molecule has 4 nitrogen and oxygen atoms in total. The van der Waals surface area contributed by atoms with Crippen LogP contribution in [0, 0.1) is 12.8 Å². The molecule has 2 rings (SSSR count). The standard InChI is InChI=1S/C15H25N3O/c1-5-19-11(3)15-17-10(2)13-8-12(9-16-4)6-7-14(13)18-15/h11-12,16H,5-9H2,1-4H3. The first-order valence-corrected chi connectivity index (χ1v) is 7.28. The van der Waals surface area contributed by atoms with Crippen LogP contribution in [0.5, 0.6) is 0 Å². The zero-order valence-corrected chi connectivity index (χ0v) is 12.5. The third kappa shape index (κ3) is 3.31. The minimum absolute atomic E-state index is 0.0102. The Labute approximate surface area is 116 Å².